The van der Waals surface area contributed by atoms with Gasteiger partial charge in [0.25, 0.3) is 5.91 Å². The van der Waals surface area contributed by atoms with Crippen LogP contribution in [-0.2, 0) is 35.1 Å². The molecule has 4 atom stereocenters. The molecule has 0 spiro atoms. The zero-order valence-corrected chi connectivity index (χ0v) is 18.6. The molecule has 2 aromatic rings. The van der Waals surface area contributed by atoms with Gasteiger partial charge in [-0.25, -0.2) is 4.79 Å². The molecule has 1 aromatic carbocycles. The van der Waals surface area contributed by atoms with E-state index in [2.05, 4.69) is 0 Å². The maximum atomic E-state index is 12.7. The highest BCUT2D eigenvalue weighted by atomic mass is 16.6. The van der Waals surface area contributed by atoms with E-state index < -0.39 is 47.4 Å². The fourth-order valence-electron chi connectivity index (χ4n) is 5.03. The van der Waals surface area contributed by atoms with Gasteiger partial charge in [-0.15, -0.1) is 0 Å². The third-order valence-corrected chi connectivity index (χ3v) is 6.69. The summed E-state index contributed by atoms with van der Waals surface area (Å²) in [6.45, 7) is 1.88. The maximum absolute atomic E-state index is 12.7. The number of cyclic esters (lactones) is 1. The second-order valence-corrected chi connectivity index (χ2v) is 8.21. The molecule has 2 aliphatic rings. The van der Waals surface area contributed by atoms with Gasteiger partial charge < -0.3 is 19.9 Å². The molecule has 1 saturated heterocycles. The lowest BCUT2D eigenvalue weighted by Gasteiger charge is -2.33. The van der Waals surface area contributed by atoms with Gasteiger partial charge in [0.1, 0.15) is 0 Å². The summed E-state index contributed by atoms with van der Waals surface area (Å²) in [6, 6.07) is 8.80. The first-order valence-corrected chi connectivity index (χ1v) is 10.6. The minimum Gasteiger partial charge on any atom is -0.468 e. The van der Waals surface area contributed by atoms with Crippen LogP contribution in [0.3, 0.4) is 0 Å². The zero-order chi connectivity index (χ0) is 23.9. The average Bonchev–Trinajstić information content (AvgIpc) is 3.31. The first-order chi connectivity index (χ1) is 15.8. The van der Waals surface area contributed by atoms with Crippen LogP contribution >= 0.6 is 0 Å². The zero-order valence-electron chi connectivity index (χ0n) is 18.6. The fraction of sp³-hybridized carbons (Fsp3) is 0.435. The number of para-hydroxylation sites is 1. The second kappa shape index (κ2) is 8.34. The molecule has 4 unspecified atom stereocenters. The van der Waals surface area contributed by atoms with Crippen molar-refractivity contribution in [2.45, 2.75) is 38.0 Å². The number of hydrogen-bond donors (Lipinski definition) is 1. The Kier molecular flexibility index (Phi) is 5.69. The van der Waals surface area contributed by atoms with Crippen molar-refractivity contribution < 1.29 is 33.4 Å². The summed E-state index contributed by atoms with van der Waals surface area (Å²) in [5, 5.41) is 0.911. The van der Waals surface area contributed by atoms with Crippen LogP contribution in [0.5, 0.6) is 0 Å². The highest BCUT2D eigenvalue weighted by Crippen LogP contribution is 2.48. The molecule has 1 fully saturated rings. The number of esters is 2. The van der Waals surface area contributed by atoms with Crippen molar-refractivity contribution in [3.63, 3.8) is 0 Å². The van der Waals surface area contributed by atoms with Gasteiger partial charge >= 0.3 is 18.0 Å². The summed E-state index contributed by atoms with van der Waals surface area (Å²) < 4.78 is 15.2. The molecule has 33 heavy (non-hydrogen) atoms. The molecule has 4 rings (SSSR count). The predicted octanol–water partition coefficient (Wildman–Crippen LogP) is 1.84. The van der Waals surface area contributed by atoms with Crippen molar-refractivity contribution in [2.75, 3.05) is 14.2 Å². The smallest absolute Gasteiger partial charge is 0.410 e. The van der Waals surface area contributed by atoms with Crippen molar-refractivity contribution in [1.82, 2.24) is 9.88 Å². The van der Waals surface area contributed by atoms with Crippen molar-refractivity contribution >= 4 is 34.8 Å². The van der Waals surface area contributed by atoms with E-state index in [1.54, 1.807) is 6.92 Å². The SMILES string of the molecule is CCC1(C(N)=O)OC(=O)C(C(=O)OC)C1CC1c2nc3ccccc3cc2CN1C(=O)OC. The first-order valence-electron chi connectivity index (χ1n) is 10.6. The van der Waals surface area contributed by atoms with Gasteiger partial charge in [0.05, 0.1) is 38.0 Å². The van der Waals surface area contributed by atoms with Gasteiger partial charge in [-0.2, -0.15) is 0 Å². The number of rotatable bonds is 5. The molecule has 0 aliphatic carbocycles. The average molecular weight is 455 g/mol. The number of ether oxygens (including phenoxy) is 3. The van der Waals surface area contributed by atoms with Gasteiger partial charge in [-0.1, -0.05) is 25.1 Å². The van der Waals surface area contributed by atoms with Crippen molar-refractivity contribution in [3.8, 4) is 0 Å². The minimum absolute atomic E-state index is 0.0235. The Labute approximate surface area is 190 Å². The van der Waals surface area contributed by atoms with Gasteiger partial charge in [0, 0.05) is 11.3 Å². The lowest BCUT2D eigenvalue weighted by atomic mass is 9.74. The molecule has 0 radical (unpaired) electrons. The van der Waals surface area contributed by atoms with E-state index in [0.717, 1.165) is 23.6 Å². The van der Waals surface area contributed by atoms with Crippen LogP contribution in [-0.4, -0.2) is 53.6 Å². The minimum atomic E-state index is -1.71. The number of aromatic nitrogens is 1. The van der Waals surface area contributed by atoms with E-state index >= 15 is 0 Å². The number of primary amides is 1. The predicted molar refractivity (Wildman–Crippen MR) is 114 cm³/mol. The number of carbonyl (C=O) groups is 4. The van der Waals surface area contributed by atoms with E-state index in [1.165, 1.54) is 12.0 Å². The van der Waals surface area contributed by atoms with Crippen LogP contribution in [0.25, 0.3) is 10.9 Å². The van der Waals surface area contributed by atoms with Gasteiger partial charge in [-0.05, 0) is 30.5 Å². The number of benzene rings is 1. The molecule has 0 bridgehead atoms. The lowest BCUT2D eigenvalue weighted by Crippen LogP contribution is -2.50. The van der Waals surface area contributed by atoms with Crippen LogP contribution in [0, 0.1) is 11.8 Å². The number of nitrogens with zero attached hydrogens (tertiary/aromatic N) is 2. The molecule has 3 heterocycles. The fourth-order valence-corrected chi connectivity index (χ4v) is 5.03. The number of carbonyl (C=O) groups excluding carboxylic acids is 4. The number of pyridine rings is 1. The Morgan fingerprint density at radius 2 is 1.97 bits per heavy atom. The second-order valence-electron chi connectivity index (χ2n) is 8.21. The summed E-state index contributed by atoms with van der Waals surface area (Å²) in [7, 11) is 2.42. The summed E-state index contributed by atoms with van der Waals surface area (Å²) >= 11 is 0. The van der Waals surface area contributed by atoms with E-state index in [9.17, 15) is 19.2 Å². The van der Waals surface area contributed by atoms with Gasteiger partial charge in [0.2, 0.25) is 0 Å². The summed E-state index contributed by atoms with van der Waals surface area (Å²) in [6.07, 6.45) is -0.506. The standard InChI is InChI=1S/C23H25N3O7/c1-4-23(21(24)29)14(17(19(27)31-2)20(28)33-23)10-16-18-13(11-26(16)22(30)32-3)9-12-7-5-6-8-15(12)25-18/h5-9,14,16-17H,4,10-11H2,1-3H3,(H2,24,29). The molecule has 1 aromatic heterocycles. The molecule has 10 nitrogen and oxygen atoms in total. The van der Waals surface area contributed by atoms with E-state index in [1.807, 2.05) is 30.3 Å². The number of nitrogens with two attached hydrogens (primary N) is 1. The highest BCUT2D eigenvalue weighted by molar-refractivity contribution is 6.01. The molecular weight excluding hydrogens is 430 g/mol. The Hall–Kier alpha value is -3.69. The van der Waals surface area contributed by atoms with Crippen molar-refractivity contribution in [2.24, 2.45) is 17.6 Å². The number of fused-ring (bicyclic) bond motifs is 2. The third-order valence-electron chi connectivity index (χ3n) is 6.69. The highest BCUT2D eigenvalue weighted by Gasteiger charge is 2.62. The molecule has 2 amide bonds. The van der Waals surface area contributed by atoms with Crippen LogP contribution in [0.4, 0.5) is 4.79 Å². The van der Waals surface area contributed by atoms with E-state index in [-0.39, 0.29) is 19.4 Å². The maximum Gasteiger partial charge on any atom is 0.410 e. The summed E-state index contributed by atoms with van der Waals surface area (Å²) in [4.78, 5) is 56.6. The molecule has 2 aliphatic heterocycles. The monoisotopic (exact) mass is 455 g/mol. The Balaban J connectivity index is 1.83. The molecular formula is C23H25N3O7. The Morgan fingerprint density at radius 1 is 1.24 bits per heavy atom. The van der Waals surface area contributed by atoms with Gasteiger partial charge in [-0.3, -0.25) is 24.3 Å². The first kappa shape index (κ1) is 22.5. The molecule has 0 saturated carbocycles. The van der Waals surface area contributed by atoms with Crippen LogP contribution in [0.2, 0.25) is 0 Å². The van der Waals surface area contributed by atoms with E-state index in [4.69, 9.17) is 24.9 Å². The molecule has 2 N–H and O–H groups in total. The number of methoxy groups -OCH3 is 2. The molecule has 10 heteroatoms. The van der Waals surface area contributed by atoms with Gasteiger partial charge in [0.15, 0.2) is 11.5 Å². The van der Waals surface area contributed by atoms with Crippen molar-refractivity contribution in [1.29, 1.82) is 0 Å². The Bertz CT molecular complexity index is 1150. The largest absolute Gasteiger partial charge is 0.468 e. The quantitative estimate of drug-likeness (QED) is 0.409. The van der Waals surface area contributed by atoms with Crippen LogP contribution in [0.1, 0.15) is 37.1 Å². The van der Waals surface area contributed by atoms with Crippen LogP contribution in [0.15, 0.2) is 30.3 Å². The lowest BCUT2D eigenvalue weighted by molar-refractivity contribution is -0.162. The summed E-state index contributed by atoms with van der Waals surface area (Å²) in [5.74, 6) is -4.87. The topological polar surface area (TPSA) is 138 Å². The normalized spacial score (nSPS) is 26.1. The third kappa shape index (κ3) is 3.46. The van der Waals surface area contributed by atoms with Crippen molar-refractivity contribution in [3.05, 3.63) is 41.6 Å². The summed E-state index contributed by atoms with van der Waals surface area (Å²) in [5.41, 5.74) is 6.11. The van der Waals surface area contributed by atoms with E-state index in [0.29, 0.717) is 5.69 Å². The Morgan fingerprint density at radius 3 is 2.61 bits per heavy atom. The number of hydrogen-bond acceptors (Lipinski definition) is 8. The van der Waals surface area contributed by atoms with Crippen LogP contribution < -0.4 is 5.73 Å². The number of amides is 2. The molecule has 174 valence electrons.